The van der Waals surface area contributed by atoms with E-state index in [1.54, 1.807) is 6.07 Å². The maximum Gasteiger partial charge on any atom is 0.203 e. The van der Waals surface area contributed by atoms with Gasteiger partial charge in [0.25, 0.3) is 0 Å². The summed E-state index contributed by atoms with van der Waals surface area (Å²) in [5.74, 6) is 1.14. The van der Waals surface area contributed by atoms with Crippen LogP contribution in [0.1, 0.15) is 35.6 Å². The van der Waals surface area contributed by atoms with E-state index >= 15 is 0 Å². The molecule has 0 aliphatic heterocycles. The van der Waals surface area contributed by atoms with E-state index in [0.29, 0.717) is 12.3 Å². The fraction of sp³-hybridized carbons (Fsp3) is 0.267. The largest absolute Gasteiger partial charge is 0.449 e. The van der Waals surface area contributed by atoms with Crippen LogP contribution >= 0.6 is 0 Å². The number of rotatable bonds is 4. The third-order valence-corrected chi connectivity index (χ3v) is 3.01. The van der Waals surface area contributed by atoms with Crippen molar-refractivity contribution < 1.29 is 4.42 Å². The van der Waals surface area contributed by atoms with Gasteiger partial charge in [0.2, 0.25) is 5.76 Å². The summed E-state index contributed by atoms with van der Waals surface area (Å²) in [5, 5.41) is 12.1. The standard InChI is InChI=1S/C15H16N2O/c1-11-5-3-4-6-15(11)12(2)17-10-14-8-7-13(9-16)18-14/h3-8,12,17H,10H2,1-2H3/t12-/m1/s1. The van der Waals surface area contributed by atoms with Crippen LogP contribution in [0.25, 0.3) is 0 Å². The number of benzene rings is 1. The second-order valence-electron chi connectivity index (χ2n) is 4.34. The molecule has 3 heteroatoms. The first-order valence-corrected chi connectivity index (χ1v) is 5.98. The number of nitrogens with one attached hydrogen (secondary N) is 1. The zero-order valence-corrected chi connectivity index (χ0v) is 10.6. The van der Waals surface area contributed by atoms with E-state index in [9.17, 15) is 0 Å². The van der Waals surface area contributed by atoms with E-state index in [4.69, 9.17) is 9.68 Å². The van der Waals surface area contributed by atoms with Crippen LogP contribution in [0.15, 0.2) is 40.8 Å². The third-order valence-electron chi connectivity index (χ3n) is 3.01. The topological polar surface area (TPSA) is 49.0 Å². The highest BCUT2D eigenvalue weighted by Gasteiger charge is 2.08. The van der Waals surface area contributed by atoms with E-state index < -0.39 is 0 Å². The zero-order chi connectivity index (χ0) is 13.0. The molecule has 92 valence electrons. The molecule has 2 rings (SSSR count). The van der Waals surface area contributed by atoms with Gasteiger partial charge < -0.3 is 9.73 Å². The van der Waals surface area contributed by atoms with E-state index in [0.717, 1.165) is 5.76 Å². The summed E-state index contributed by atoms with van der Waals surface area (Å²) in [6.45, 7) is 4.85. The summed E-state index contributed by atoms with van der Waals surface area (Å²) < 4.78 is 5.33. The van der Waals surface area contributed by atoms with E-state index in [2.05, 4.69) is 31.3 Å². The van der Waals surface area contributed by atoms with Crippen LogP contribution in [0.5, 0.6) is 0 Å². The first kappa shape index (κ1) is 12.4. The number of hydrogen-bond donors (Lipinski definition) is 1. The number of hydrogen-bond acceptors (Lipinski definition) is 3. The monoisotopic (exact) mass is 240 g/mol. The molecule has 0 aliphatic rings. The average Bonchev–Trinajstić information content (AvgIpc) is 2.84. The Kier molecular flexibility index (Phi) is 3.81. The van der Waals surface area contributed by atoms with Crippen LogP contribution in [-0.2, 0) is 6.54 Å². The van der Waals surface area contributed by atoms with Crippen molar-refractivity contribution in [3.05, 3.63) is 59.0 Å². The highest BCUT2D eigenvalue weighted by atomic mass is 16.3. The van der Waals surface area contributed by atoms with Crippen LogP contribution < -0.4 is 5.32 Å². The van der Waals surface area contributed by atoms with Gasteiger partial charge in [0.15, 0.2) is 0 Å². The molecule has 0 amide bonds. The van der Waals surface area contributed by atoms with Gasteiger partial charge in [-0.25, -0.2) is 0 Å². The Labute approximate surface area is 107 Å². The Bertz CT molecular complexity index is 566. The molecule has 0 unspecified atom stereocenters. The van der Waals surface area contributed by atoms with Gasteiger partial charge in [-0.2, -0.15) is 5.26 Å². The van der Waals surface area contributed by atoms with Crippen LogP contribution in [0.4, 0.5) is 0 Å². The molecule has 0 radical (unpaired) electrons. The lowest BCUT2D eigenvalue weighted by Crippen LogP contribution is -2.18. The van der Waals surface area contributed by atoms with E-state index in [-0.39, 0.29) is 6.04 Å². The lowest BCUT2D eigenvalue weighted by atomic mass is 10.0. The summed E-state index contributed by atoms with van der Waals surface area (Å²) in [6.07, 6.45) is 0. The molecule has 1 aromatic heterocycles. The Morgan fingerprint density at radius 2 is 2.06 bits per heavy atom. The van der Waals surface area contributed by atoms with Gasteiger partial charge in [-0.1, -0.05) is 24.3 Å². The van der Waals surface area contributed by atoms with Crippen molar-refractivity contribution in [2.45, 2.75) is 26.4 Å². The van der Waals surface area contributed by atoms with Gasteiger partial charge in [-0.05, 0) is 37.1 Å². The quantitative estimate of drug-likeness (QED) is 0.891. The second-order valence-corrected chi connectivity index (χ2v) is 4.34. The SMILES string of the molecule is Cc1ccccc1[C@@H](C)NCc1ccc(C#N)o1. The molecular formula is C15H16N2O. The minimum atomic E-state index is 0.252. The molecule has 18 heavy (non-hydrogen) atoms. The Morgan fingerprint density at radius 3 is 2.72 bits per heavy atom. The second kappa shape index (κ2) is 5.52. The lowest BCUT2D eigenvalue weighted by Gasteiger charge is -2.15. The molecule has 0 fully saturated rings. The molecule has 1 atom stereocenters. The first-order chi connectivity index (χ1) is 8.70. The van der Waals surface area contributed by atoms with Crippen molar-refractivity contribution in [3.8, 4) is 6.07 Å². The number of nitrogens with zero attached hydrogens (tertiary/aromatic N) is 1. The molecule has 1 heterocycles. The van der Waals surface area contributed by atoms with E-state index in [1.165, 1.54) is 11.1 Å². The number of nitriles is 1. The molecule has 0 bridgehead atoms. The highest BCUT2D eigenvalue weighted by molar-refractivity contribution is 5.28. The van der Waals surface area contributed by atoms with Crippen molar-refractivity contribution in [2.24, 2.45) is 0 Å². The first-order valence-electron chi connectivity index (χ1n) is 5.98. The molecule has 0 saturated carbocycles. The minimum Gasteiger partial charge on any atom is -0.449 e. The minimum absolute atomic E-state index is 0.252. The van der Waals surface area contributed by atoms with E-state index in [1.807, 2.05) is 24.3 Å². The summed E-state index contributed by atoms with van der Waals surface area (Å²) in [6, 6.07) is 14.1. The maximum absolute atomic E-state index is 8.68. The van der Waals surface area contributed by atoms with Crippen LogP contribution in [-0.4, -0.2) is 0 Å². The fourth-order valence-corrected chi connectivity index (χ4v) is 1.97. The molecule has 0 spiro atoms. The number of furan rings is 1. The van der Waals surface area contributed by atoms with Gasteiger partial charge in [-0.15, -0.1) is 0 Å². The smallest absolute Gasteiger partial charge is 0.203 e. The highest BCUT2D eigenvalue weighted by Crippen LogP contribution is 2.17. The van der Waals surface area contributed by atoms with Crippen LogP contribution in [0, 0.1) is 18.3 Å². The predicted octanol–water partition coefficient (Wildman–Crippen LogP) is 3.31. The molecular weight excluding hydrogens is 224 g/mol. The van der Waals surface area contributed by atoms with Gasteiger partial charge in [0.05, 0.1) is 6.54 Å². The normalized spacial score (nSPS) is 12.1. The van der Waals surface area contributed by atoms with Crippen molar-refractivity contribution in [2.75, 3.05) is 0 Å². The average molecular weight is 240 g/mol. The third kappa shape index (κ3) is 2.79. The Morgan fingerprint density at radius 1 is 1.28 bits per heavy atom. The molecule has 3 nitrogen and oxygen atoms in total. The summed E-state index contributed by atoms with van der Waals surface area (Å²) in [4.78, 5) is 0. The van der Waals surface area contributed by atoms with Crippen molar-refractivity contribution in [3.63, 3.8) is 0 Å². The van der Waals surface area contributed by atoms with Crippen LogP contribution in [0.2, 0.25) is 0 Å². The predicted molar refractivity (Wildman–Crippen MR) is 69.9 cm³/mol. The zero-order valence-electron chi connectivity index (χ0n) is 10.6. The summed E-state index contributed by atoms with van der Waals surface area (Å²) in [7, 11) is 0. The molecule has 0 saturated heterocycles. The van der Waals surface area contributed by atoms with Gasteiger partial charge >= 0.3 is 0 Å². The molecule has 1 aromatic carbocycles. The van der Waals surface area contributed by atoms with Crippen molar-refractivity contribution >= 4 is 0 Å². The fourth-order valence-electron chi connectivity index (χ4n) is 1.97. The van der Waals surface area contributed by atoms with Crippen LogP contribution in [0.3, 0.4) is 0 Å². The Balaban J connectivity index is 1.98. The van der Waals surface area contributed by atoms with Crippen molar-refractivity contribution in [1.29, 1.82) is 5.26 Å². The lowest BCUT2D eigenvalue weighted by molar-refractivity contribution is 0.453. The maximum atomic E-state index is 8.68. The number of aryl methyl sites for hydroxylation is 1. The summed E-state index contributed by atoms with van der Waals surface area (Å²) >= 11 is 0. The van der Waals surface area contributed by atoms with Gasteiger partial charge in [0.1, 0.15) is 11.8 Å². The van der Waals surface area contributed by atoms with Gasteiger partial charge in [0, 0.05) is 6.04 Å². The molecule has 2 aromatic rings. The van der Waals surface area contributed by atoms with Crippen molar-refractivity contribution in [1.82, 2.24) is 5.32 Å². The Hall–Kier alpha value is -2.05. The summed E-state index contributed by atoms with van der Waals surface area (Å²) in [5.41, 5.74) is 2.55. The molecule has 0 aliphatic carbocycles. The van der Waals surface area contributed by atoms with Gasteiger partial charge in [-0.3, -0.25) is 0 Å². The molecule has 1 N–H and O–H groups in total.